The first-order valence-electron chi connectivity index (χ1n) is 8.04. The van der Waals surface area contributed by atoms with Gasteiger partial charge in [0.15, 0.2) is 12.4 Å². The molecular formula is C20H18N2O4. The summed E-state index contributed by atoms with van der Waals surface area (Å²) in [7, 11) is 1.32. The number of methoxy groups -OCH3 is 1. The Morgan fingerprint density at radius 1 is 0.923 bits per heavy atom. The summed E-state index contributed by atoms with van der Waals surface area (Å²) < 4.78 is 15.6. The van der Waals surface area contributed by atoms with Crippen molar-refractivity contribution in [3.05, 3.63) is 72.6 Å². The monoisotopic (exact) mass is 350 g/mol. The second-order valence-electron chi connectivity index (χ2n) is 5.36. The van der Waals surface area contributed by atoms with E-state index in [1.165, 1.54) is 7.11 Å². The molecular weight excluding hydrogens is 332 g/mol. The summed E-state index contributed by atoms with van der Waals surface area (Å²) in [5.74, 6) is 1.48. The maximum Gasteiger partial charge on any atom is 0.343 e. The Morgan fingerprint density at radius 3 is 2.31 bits per heavy atom. The summed E-state index contributed by atoms with van der Waals surface area (Å²) in [6, 6.07) is 18.6. The topological polar surface area (TPSA) is 70.5 Å². The summed E-state index contributed by atoms with van der Waals surface area (Å²) in [6.45, 7) is 0.199. The van der Waals surface area contributed by atoms with Crippen LogP contribution in [0.5, 0.6) is 11.5 Å². The highest BCUT2D eigenvalue weighted by Gasteiger charge is 2.04. The third-order valence-corrected chi connectivity index (χ3v) is 3.54. The highest BCUT2D eigenvalue weighted by molar-refractivity contribution is 5.70. The van der Waals surface area contributed by atoms with Gasteiger partial charge in [-0.3, -0.25) is 0 Å². The second-order valence-corrected chi connectivity index (χ2v) is 5.36. The van der Waals surface area contributed by atoms with Crippen LogP contribution >= 0.6 is 0 Å². The molecule has 0 atom stereocenters. The molecule has 0 amide bonds. The number of rotatable bonds is 7. The van der Waals surface area contributed by atoms with E-state index in [0.717, 1.165) is 11.3 Å². The number of benzene rings is 2. The highest BCUT2D eigenvalue weighted by atomic mass is 16.6. The van der Waals surface area contributed by atoms with Gasteiger partial charge in [0.05, 0.1) is 12.8 Å². The molecule has 0 bridgehead atoms. The SMILES string of the molecule is COC(=O)COc1ccc(OCc2ccnc(-c3ccccc3)n2)cc1. The van der Waals surface area contributed by atoms with Gasteiger partial charge in [0.25, 0.3) is 0 Å². The van der Waals surface area contributed by atoms with Gasteiger partial charge in [0.2, 0.25) is 0 Å². The van der Waals surface area contributed by atoms with Gasteiger partial charge < -0.3 is 14.2 Å². The van der Waals surface area contributed by atoms with Crippen molar-refractivity contribution in [3.63, 3.8) is 0 Å². The van der Waals surface area contributed by atoms with Crippen LogP contribution in [0.3, 0.4) is 0 Å². The second kappa shape index (κ2) is 8.62. The number of hydrogen-bond donors (Lipinski definition) is 0. The van der Waals surface area contributed by atoms with Gasteiger partial charge in [0, 0.05) is 11.8 Å². The molecule has 0 aliphatic heterocycles. The molecule has 132 valence electrons. The van der Waals surface area contributed by atoms with Crippen LogP contribution in [0.2, 0.25) is 0 Å². The fourth-order valence-electron chi connectivity index (χ4n) is 2.19. The first kappa shape index (κ1) is 17.4. The van der Waals surface area contributed by atoms with Gasteiger partial charge in [0.1, 0.15) is 18.1 Å². The molecule has 0 saturated carbocycles. The fraction of sp³-hybridized carbons (Fsp3) is 0.150. The Morgan fingerprint density at radius 2 is 1.62 bits per heavy atom. The van der Waals surface area contributed by atoms with E-state index >= 15 is 0 Å². The Bertz CT molecular complexity index is 851. The lowest BCUT2D eigenvalue weighted by Crippen LogP contribution is -2.12. The number of esters is 1. The van der Waals surface area contributed by atoms with Gasteiger partial charge >= 0.3 is 5.97 Å². The van der Waals surface area contributed by atoms with E-state index in [4.69, 9.17) is 9.47 Å². The molecule has 0 spiro atoms. The third-order valence-electron chi connectivity index (χ3n) is 3.54. The lowest BCUT2D eigenvalue weighted by molar-refractivity contribution is -0.142. The predicted octanol–water partition coefficient (Wildman–Crippen LogP) is 3.27. The van der Waals surface area contributed by atoms with E-state index in [9.17, 15) is 4.79 Å². The summed E-state index contributed by atoms with van der Waals surface area (Å²) >= 11 is 0. The normalized spacial score (nSPS) is 10.2. The minimum atomic E-state index is -0.427. The Hall–Kier alpha value is -3.41. The lowest BCUT2D eigenvalue weighted by Gasteiger charge is -2.08. The maximum absolute atomic E-state index is 11.1. The van der Waals surface area contributed by atoms with Crippen molar-refractivity contribution in [2.45, 2.75) is 6.61 Å². The Labute approximate surface area is 151 Å². The standard InChI is InChI=1S/C20H18N2O4/c1-24-19(23)14-26-18-9-7-17(8-10-18)25-13-16-11-12-21-20(22-16)15-5-3-2-4-6-15/h2-12H,13-14H2,1H3. The first-order valence-corrected chi connectivity index (χ1v) is 8.04. The largest absolute Gasteiger partial charge is 0.487 e. The number of aromatic nitrogens is 2. The van der Waals surface area contributed by atoms with Gasteiger partial charge in [-0.2, -0.15) is 0 Å². The average Bonchev–Trinajstić information content (AvgIpc) is 2.72. The van der Waals surface area contributed by atoms with Gasteiger partial charge in [-0.1, -0.05) is 30.3 Å². The van der Waals surface area contributed by atoms with Crippen molar-refractivity contribution in [2.75, 3.05) is 13.7 Å². The summed E-state index contributed by atoms with van der Waals surface area (Å²) in [6.07, 6.45) is 1.72. The molecule has 0 aliphatic rings. The molecule has 0 radical (unpaired) electrons. The molecule has 0 aliphatic carbocycles. The van der Waals surface area contributed by atoms with Crippen LogP contribution < -0.4 is 9.47 Å². The molecule has 0 N–H and O–H groups in total. The van der Waals surface area contributed by atoms with Gasteiger partial charge in [-0.15, -0.1) is 0 Å². The molecule has 0 unspecified atom stereocenters. The summed E-state index contributed by atoms with van der Waals surface area (Å²) in [5, 5.41) is 0. The number of nitrogens with zero attached hydrogens (tertiary/aromatic N) is 2. The number of ether oxygens (including phenoxy) is 3. The smallest absolute Gasteiger partial charge is 0.343 e. The third kappa shape index (κ3) is 4.80. The molecule has 3 aromatic rings. The molecule has 26 heavy (non-hydrogen) atoms. The molecule has 1 heterocycles. The molecule has 2 aromatic carbocycles. The van der Waals surface area contributed by atoms with Crippen LogP contribution in [-0.4, -0.2) is 29.7 Å². The number of carbonyl (C=O) groups is 1. The van der Waals surface area contributed by atoms with E-state index in [0.29, 0.717) is 23.9 Å². The van der Waals surface area contributed by atoms with Crippen molar-refractivity contribution in [3.8, 4) is 22.9 Å². The quantitative estimate of drug-likeness (QED) is 0.609. The number of hydrogen-bond acceptors (Lipinski definition) is 6. The summed E-state index contributed by atoms with van der Waals surface area (Å²) in [4.78, 5) is 19.9. The van der Waals surface area contributed by atoms with Gasteiger partial charge in [-0.25, -0.2) is 14.8 Å². The molecule has 1 aromatic heterocycles. The maximum atomic E-state index is 11.1. The summed E-state index contributed by atoms with van der Waals surface area (Å²) in [5.41, 5.74) is 1.74. The van der Waals surface area contributed by atoms with Gasteiger partial charge in [-0.05, 0) is 30.3 Å². The molecule has 0 saturated heterocycles. The van der Waals surface area contributed by atoms with Crippen LogP contribution in [0.1, 0.15) is 5.69 Å². The number of carbonyl (C=O) groups excluding carboxylic acids is 1. The zero-order chi connectivity index (χ0) is 18.2. The minimum Gasteiger partial charge on any atom is -0.487 e. The van der Waals surface area contributed by atoms with Crippen LogP contribution in [-0.2, 0) is 16.1 Å². The molecule has 0 fully saturated rings. The zero-order valence-corrected chi connectivity index (χ0v) is 14.3. The highest BCUT2D eigenvalue weighted by Crippen LogP contribution is 2.19. The minimum absolute atomic E-state index is 0.125. The van der Waals surface area contributed by atoms with Crippen molar-refractivity contribution in [1.82, 2.24) is 9.97 Å². The lowest BCUT2D eigenvalue weighted by atomic mass is 10.2. The van der Waals surface area contributed by atoms with E-state index in [-0.39, 0.29) is 6.61 Å². The van der Waals surface area contributed by atoms with Crippen molar-refractivity contribution in [2.24, 2.45) is 0 Å². The Kier molecular flexibility index (Phi) is 5.77. The van der Waals surface area contributed by atoms with Crippen LogP contribution in [0, 0.1) is 0 Å². The van der Waals surface area contributed by atoms with E-state index in [1.807, 2.05) is 36.4 Å². The van der Waals surface area contributed by atoms with Crippen molar-refractivity contribution >= 4 is 5.97 Å². The first-order chi connectivity index (χ1) is 12.7. The fourth-order valence-corrected chi connectivity index (χ4v) is 2.19. The molecule has 3 rings (SSSR count). The molecule has 6 nitrogen and oxygen atoms in total. The Balaban J connectivity index is 1.58. The van der Waals surface area contributed by atoms with Crippen molar-refractivity contribution in [1.29, 1.82) is 0 Å². The van der Waals surface area contributed by atoms with Crippen LogP contribution in [0.4, 0.5) is 0 Å². The zero-order valence-electron chi connectivity index (χ0n) is 14.3. The van der Waals surface area contributed by atoms with Crippen molar-refractivity contribution < 1.29 is 19.0 Å². The van der Waals surface area contributed by atoms with Crippen LogP contribution in [0.15, 0.2) is 66.9 Å². The molecule has 6 heteroatoms. The van der Waals surface area contributed by atoms with Crippen LogP contribution in [0.25, 0.3) is 11.4 Å². The predicted molar refractivity (Wildman–Crippen MR) is 95.8 cm³/mol. The van der Waals surface area contributed by atoms with E-state index in [1.54, 1.807) is 30.5 Å². The van der Waals surface area contributed by atoms with E-state index < -0.39 is 5.97 Å². The average molecular weight is 350 g/mol. The van der Waals surface area contributed by atoms with E-state index in [2.05, 4.69) is 14.7 Å².